The summed E-state index contributed by atoms with van der Waals surface area (Å²) >= 11 is 0. The number of nitrogen functional groups attached to an aromatic ring is 1. The van der Waals surface area contributed by atoms with Gasteiger partial charge in [-0.05, 0) is 18.9 Å². The lowest BCUT2D eigenvalue weighted by Crippen LogP contribution is -2.40. The minimum atomic E-state index is -0.0144. The zero-order chi connectivity index (χ0) is 12.3. The van der Waals surface area contributed by atoms with Gasteiger partial charge < -0.3 is 15.4 Å². The first-order valence-corrected chi connectivity index (χ1v) is 5.74. The van der Waals surface area contributed by atoms with E-state index in [1.54, 1.807) is 19.4 Å². The predicted octanol–water partition coefficient (Wildman–Crippen LogP) is 0.915. The maximum atomic E-state index is 12.2. The molecule has 17 heavy (non-hydrogen) atoms. The summed E-state index contributed by atoms with van der Waals surface area (Å²) in [5, 5.41) is 0. The van der Waals surface area contributed by atoms with Gasteiger partial charge in [-0.25, -0.2) is 0 Å². The summed E-state index contributed by atoms with van der Waals surface area (Å²) in [7, 11) is 1.71. The number of rotatable bonds is 2. The highest BCUT2D eigenvalue weighted by Gasteiger charge is 2.24. The predicted molar refractivity (Wildman–Crippen MR) is 64.6 cm³/mol. The minimum absolute atomic E-state index is 0.0144. The summed E-state index contributed by atoms with van der Waals surface area (Å²) < 4.78 is 5.28. The highest BCUT2D eigenvalue weighted by molar-refractivity contribution is 5.98. The molecular formula is C12H17N3O2. The highest BCUT2D eigenvalue weighted by atomic mass is 16.5. The lowest BCUT2D eigenvalue weighted by molar-refractivity contribution is 0.0351. The van der Waals surface area contributed by atoms with Crippen molar-refractivity contribution in [2.75, 3.05) is 25.9 Å². The van der Waals surface area contributed by atoms with Crippen LogP contribution in [0.5, 0.6) is 0 Å². The van der Waals surface area contributed by atoms with Gasteiger partial charge in [-0.1, -0.05) is 0 Å². The summed E-state index contributed by atoms with van der Waals surface area (Å²) in [6.07, 6.45) is 5.13. The topological polar surface area (TPSA) is 68.5 Å². The average molecular weight is 235 g/mol. The highest BCUT2D eigenvalue weighted by Crippen LogP contribution is 2.18. The van der Waals surface area contributed by atoms with E-state index in [1.165, 1.54) is 6.20 Å². The molecule has 0 aliphatic carbocycles. The maximum Gasteiger partial charge on any atom is 0.256 e. The number of carbonyl (C=O) groups excluding carboxylic acids is 1. The Morgan fingerprint density at radius 1 is 1.53 bits per heavy atom. The van der Waals surface area contributed by atoms with E-state index in [4.69, 9.17) is 10.5 Å². The third kappa shape index (κ3) is 2.55. The fourth-order valence-corrected chi connectivity index (χ4v) is 2.07. The van der Waals surface area contributed by atoms with Gasteiger partial charge in [-0.3, -0.25) is 9.78 Å². The van der Waals surface area contributed by atoms with Crippen LogP contribution in [0.1, 0.15) is 23.2 Å². The van der Waals surface area contributed by atoms with Crippen LogP contribution in [0, 0.1) is 0 Å². The van der Waals surface area contributed by atoms with E-state index in [9.17, 15) is 4.79 Å². The molecule has 2 N–H and O–H groups in total. The van der Waals surface area contributed by atoms with Crippen molar-refractivity contribution >= 4 is 11.6 Å². The smallest absolute Gasteiger partial charge is 0.256 e. The van der Waals surface area contributed by atoms with Crippen LogP contribution in [0.4, 0.5) is 5.69 Å². The lowest BCUT2D eigenvalue weighted by Gasteiger charge is -2.31. The second-order valence-corrected chi connectivity index (χ2v) is 4.19. The standard InChI is InChI=1S/C12H17N3O2/c1-17-9-3-6-15(7-4-9)12(16)10-2-5-14-8-11(10)13/h2,5,8-9H,3-4,6-7,13H2,1H3. The third-order valence-corrected chi connectivity index (χ3v) is 3.14. The van der Waals surface area contributed by atoms with E-state index in [1.807, 2.05) is 4.90 Å². The zero-order valence-electron chi connectivity index (χ0n) is 9.93. The van der Waals surface area contributed by atoms with Crippen molar-refractivity contribution in [3.8, 4) is 0 Å². The van der Waals surface area contributed by atoms with E-state index < -0.39 is 0 Å². The normalized spacial score (nSPS) is 17.1. The number of anilines is 1. The Labute approximate surface area is 101 Å². The fraction of sp³-hybridized carbons (Fsp3) is 0.500. The number of nitrogens with two attached hydrogens (primary N) is 1. The van der Waals surface area contributed by atoms with Crippen molar-refractivity contribution in [1.82, 2.24) is 9.88 Å². The van der Waals surface area contributed by atoms with Crippen LogP contribution >= 0.6 is 0 Å². The first-order chi connectivity index (χ1) is 8.22. The van der Waals surface area contributed by atoms with Gasteiger partial charge in [0.05, 0.1) is 23.6 Å². The Morgan fingerprint density at radius 2 is 2.24 bits per heavy atom. The summed E-state index contributed by atoms with van der Waals surface area (Å²) in [6.45, 7) is 1.44. The number of ether oxygens (including phenoxy) is 1. The molecule has 2 rings (SSSR count). The number of aromatic nitrogens is 1. The number of nitrogens with zero attached hydrogens (tertiary/aromatic N) is 2. The van der Waals surface area contributed by atoms with Gasteiger partial charge in [0.1, 0.15) is 0 Å². The van der Waals surface area contributed by atoms with Crippen molar-refractivity contribution in [2.45, 2.75) is 18.9 Å². The number of amides is 1. The van der Waals surface area contributed by atoms with Gasteiger partial charge in [-0.15, -0.1) is 0 Å². The van der Waals surface area contributed by atoms with E-state index in [0.29, 0.717) is 11.3 Å². The first-order valence-electron chi connectivity index (χ1n) is 5.74. The summed E-state index contributed by atoms with van der Waals surface area (Å²) in [5.41, 5.74) is 6.72. The van der Waals surface area contributed by atoms with Crippen molar-refractivity contribution in [3.05, 3.63) is 24.0 Å². The Hall–Kier alpha value is -1.62. The van der Waals surface area contributed by atoms with Crippen LogP contribution in [-0.4, -0.2) is 42.1 Å². The second-order valence-electron chi connectivity index (χ2n) is 4.19. The zero-order valence-corrected chi connectivity index (χ0v) is 9.93. The van der Waals surface area contributed by atoms with Crippen LogP contribution in [0.15, 0.2) is 18.5 Å². The molecule has 2 heterocycles. The number of pyridine rings is 1. The number of hydrogen-bond acceptors (Lipinski definition) is 4. The lowest BCUT2D eigenvalue weighted by atomic mass is 10.1. The van der Waals surface area contributed by atoms with Crippen LogP contribution < -0.4 is 5.73 Å². The van der Waals surface area contributed by atoms with Crippen LogP contribution in [0.3, 0.4) is 0 Å². The monoisotopic (exact) mass is 235 g/mol. The van der Waals surface area contributed by atoms with Crippen molar-refractivity contribution in [2.24, 2.45) is 0 Å². The molecule has 5 nitrogen and oxygen atoms in total. The van der Waals surface area contributed by atoms with Crippen molar-refractivity contribution in [3.63, 3.8) is 0 Å². The SMILES string of the molecule is COC1CCN(C(=O)c2ccncc2N)CC1. The second kappa shape index (κ2) is 5.14. The van der Waals surface area contributed by atoms with Gasteiger partial charge >= 0.3 is 0 Å². The molecule has 0 atom stereocenters. The van der Waals surface area contributed by atoms with Crippen LogP contribution in [0.2, 0.25) is 0 Å². The summed E-state index contributed by atoms with van der Waals surface area (Å²) in [6, 6.07) is 1.67. The molecule has 1 aromatic heterocycles. The molecule has 1 aliphatic rings. The molecule has 0 unspecified atom stereocenters. The van der Waals surface area contributed by atoms with Gasteiger partial charge in [0.25, 0.3) is 5.91 Å². The molecule has 1 amide bonds. The average Bonchev–Trinajstić information content (AvgIpc) is 2.39. The number of carbonyl (C=O) groups is 1. The van der Waals surface area contributed by atoms with Gasteiger partial charge in [0, 0.05) is 26.4 Å². The molecule has 0 bridgehead atoms. The Kier molecular flexibility index (Phi) is 3.58. The van der Waals surface area contributed by atoms with Gasteiger partial charge in [0.15, 0.2) is 0 Å². The number of methoxy groups -OCH3 is 1. The number of hydrogen-bond donors (Lipinski definition) is 1. The minimum Gasteiger partial charge on any atom is -0.397 e. The van der Waals surface area contributed by atoms with E-state index in [2.05, 4.69) is 4.98 Å². The molecule has 1 aromatic rings. The Morgan fingerprint density at radius 3 is 2.82 bits per heavy atom. The molecule has 1 fully saturated rings. The van der Waals surface area contributed by atoms with E-state index in [0.717, 1.165) is 25.9 Å². The van der Waals surface area contributed by atoms with E-state index in [-0.39, 0.29) is 12.0 Å². The fourth-order valence-electron chi connectivity index (χ4n) is 2.07. The Bertz CT molecular complexity index is 400. The number of piperidine rings is 1. The van der Waals surface area contributed by atoms with Gasteiger partial charge in [0.2, 0.25) is 0 Å². The largest absolute Gasteiger partial charge is 0.397 e. The van der Waals surface area contributed by atoms with Crippen LogP contribution in [0.25, 0.3) is 0 Å². The molecule has 1 saturated heterocycles. The molecular weight excluding hydrogens is 218 g/mol. The third-order valence-electron chi connectivity index (χ3n) is 3.14. The summed E-state index contributed by atoms with van der Waals surface area (Å²) in [5.74, 6) is -0.0144. The van der Waals surface area contributed by atoms with E-state index >= 15 is 0 Å². The molecule has 0 aromatic carbocycles. The van der Waals surface area contributed by atoms with Crippen molar-refractivity contribution in [1.29, 1.82) is 0 Å². The molecule has 0 spiro atoms. The molecule has 92 valence electrons. The van der Waals surface area contributed by atoms with Gasteiger partial charge in [-0.2, -0.15) is 0 Å². The van der Waals surface area contributed by atoms with Crippen LogP contribution in [-0.2, 0) is 4.74 Å². The molecule has 0 saturated carbocycles. The molecule has 5 heteroatoms. The first kappa shape index (κ1) is 11.9. The summed E-state index contributed by atoms with van der Waals surface area (Å²) in [4.78, 5) is 17.9. The number of likely N-dealkylation sites (tertiary alicyclic amines) is 1. The quantitative estimate of drug-likeness (QED) is 0.827. The molecule has 1 aliphatic heterocycles. The van der Waals surface area contributed by atoms with Crippen molar-refractivity contribution < 1.29 is 9.53 Å². The Balaban J connectivity index is 2.04. The maximum absolute atomic E-state index is 12.2. The molecule has 0 radical (unpaired) electrons.